The zero-order valence-corrected chi connectivity index (χ0v) is 72.4. The minimum atomic E-state index is 0.198. The molecule has 0 bridgehead atoms. The monoisotopic (exact) mass is 1460 g/mol. The van der Waals surface area contributed by atoms with Crippen LogP contribution in [0.3, 0.4) is 0 Å². The van der Waals surface area contributed by atoms with E-state index in [0.717, 1.165) is 123 Å². The van der Waals surface area contributed by atoms with Crippen LogP contribution >= 0.6 is 0 Å². The van der Waals surface area contributed by atoms with Gasteiger partial charge in [-0.15, -0.1) is 0 Å². The molecule has 13 heteroatoms. The zero-order valence-electron chi connectivity index (χ0n) is 72.4. The first-order valence-electron chi connectivity index (χ1n) is 40.7. The normalized spacial score (nSPS) is 13.7. The molecule has 0 spiro atoms. The highest BCUT2D eigenvalue weighted by atomic mass is 16.5. The van der Waals surface area contributed by atoms with E-state index in [1.165, 1.54) is 94.6 Å². The number of hydrogen-bond donors (Lipinski definition) is 1. The van der Waals surface area contributed by atoms with E-state index < -0.39 is 0 Å². The number of ether oxygens (including phenoxy) is 2. The Labute approximate surface area is 640 Å². The molecular formula is C91H164N3O10+. The lowest BCUT2D eigenvalue weighted by molar-refractivity contribution is -0.576. The fraction of sp³-hybridized carbons (Fsp3) is 0.758. The largest absolute Gasteiger partial charge is 0.513 e. The second-order valence-corrected chi connectivity index (χ2v) is 33.5. The first-order valence-corrected chi connectivity index (χ1v) is 40.7. The summed E-state index contributed by atoms with van der Waals surface area (Å²) < 4.78 is 12.4. The van der Waals surface area contributed by atoms with Gasteiger partial charge in [-0.1, -0.05) is 225 Å². The van der Waals surface area contributed by atoms with E-state index in [4.69, 9.17) is 14.6 Å². The van der Waals surface area contributed by atoms with Gasteiger partial charge in [0.05, 0.1) is 23.6 Å². The summed E-state index contributed by atoms with van der Waals surface area (Å²) in [4.78, 5) is 74.7. The van der Waals surface area contributed by atoms with Crippen LogP contribution in [-0.2, 0) is 68.7 Å². The molecule has 1 saturated carbocycles. The minimum Gasteiger partial charge on any atom is -0.513 e. The standard InChI is InChI=1S/2C14H20O.C10H18O.2C10H20O.C9H18O.C8H16N3.2C8H16O2/c1-11(2)4-5-13-6-8-14(9-7-13)10-12(3)15;1-11(2)7-8-13-5-4-6-14(10-13)9-12(3)15;1-7(2)4-5-9-6-10(9)8(3)11;1-8(2)5-6-9(3)7-10(4)11;1-8(2)6-5-7-9(3)10(4)11;1-8(2)6-4-5-7-9(3)10;1-8(2)4-3-6-11-7-5-9-10-11;1-7(2)6-10-5-4-8(3)9;1-7(2)10-6-4-5-8(3)9/h6-9,11,15H,3-5,10H2,1-2H3;4-6,10-11H,7-9H2,1-3H3;7,9-10H,4-6H2,1-3H3;2*8-9H,5-7H2,1-4H3;8H,4-7H2,1-3H3;5,8H,3-4,6-7H2,1-2H3;2*7H,4-6H2,1-3H3/q;;;;;;+1;;. The van der Waals surface area contributed by atoms with Gasteiger partial charge in [-0.25, -0.2) is 0 Å². The van der Waals surface area contributed by atoms with Crippen molar-refractivity contribution in [3.05, 3.63) is 83.1 Å². The minimum absolute atomic E-state index is 0.198. The third kappa shape index (κ3) is 87.5. The topological polar surface area (TPSA) is 186 Å². The van der Waals surface area contributed by atoms with Crippen LogP contribution in [0.15, 0.2) is 71.2 Å². The molecule has 1 N–H and O–H groups in total. The molecule has 1 aliphatic heterocycles. The summed E-state index contributed by atoms with van der Waals surface area (Å²) in [5.74, 6) is 10.3. The van der Waals surface area contributed by atoms with Crippen molar-refractivity contribution < 1.29 is 52.8 Å². The summed E-state index contributed by atoms with van der Waals surface area (Å²) in [7, 11) is 0. The summed E-state index contributed by atoms with van der Waals surface area (Å²) in [6, 6.07) is 16.8. The van der Waals surface area contributed by atoms with E-state index >= 15 is 0 Å². The maximum absolute atomic E-state index is 11.0. The van der Waals surface area contributed by atoms with Crippen LogP contribution in [0.25, 0.3) is 0 Å². The van der Waals surface area contributed by atoms with E-state index in [1.807, 2.05) is 43.8 Å². The lowest BCUT2D eigenvalue weighted by atomic mass is 9.95. The Balaban J connectivity index is -0.000000355. The van der Waals surface area contributed by atoms with Crippen molar-refractivity contribution in [3.8, 4) is 0 Å². The first kappa shape index (κ1) is 107. The number of aryl methyl sites for hydroxylation is 2. The number of carbonyl (C=O) groups is 7. The molecule has 104 heavy (non-hydrogen) atoms. The Bertz CT molecular complexity index is 2470. The summed E-state index contributed by atoms with van der Waals surface area (Å²) >= 11 is 0. The van der Waals surface area contributed by atoms with E-state index in [0.29, 0.717) is 79.8 Å². The Morgan fingerprint density at radius 2 is 0.981 bits per heavy atom. The Morgan fingerprint density at radius 3 is 1.41 bits per heavy atom. The number of unbranched alkanes of at least 4 members (excludes halogenated alkanes) is 1. The van der Waals surface area contributed by atoms with Gasteiger partial charge in [0.25, 0.3) is 0 Å². The van der Waals surface area contributed by atoms with Crippen LogP contribution in [-0.4, -0.2) is 95.5 Å². The number of benzene rings is 2. The zero-order chi connectivity index (χ0) is 80.7. The van der Waals surface area contributed by atoms with Crippen molar-refractivity contribution in [2.75, 3.05) is 32.9 Å². The lowest BCUT2D eigenvalue weighted by Gasteiger charge is -2.10. The van der Waals surface area contributed by atoms with E-state index in [9.17, 15) is 33.6 Å². The summed E-state index contributed by atoms with van der Waals surface area (Å²) in [6.07, 6.45) is 27.2. The van der Waals surface area contributed by atoms with Gasteiger partial charge >= 0.3 is 0 Å². The number of hydrogen-bond acceptors (Lipinski definition) is 12. The molecule has 0 amide bonds. The summed E-state index contributed by atoms with van der Waals surface area (Å²) in [6.45, 7) is 62.6. The molecule has 0 radical (unpaired) electrons. The van der Waals surface area contributed by atoms with Crippen molar-refractivity contribution in [2.24, 2.45) is 81.3 Å². The number of carbonyl (C=O) groups excluding carboxylic acids is 7. The highest BCUT2D eigenvalue weighted by Crippen LogP contribution is 2.43. The average Bonchev–Trinajstić information content (AvgIpc) is 1.68. The molecule has 1 aliphatic carbocycles. The van der Waals surface area contributed by atoms with Crippen molar-refractivity contribution in [3.63, 3.8) is 0 Å². The fourth-order valence-corrected chi connectivity index (χ4v) is 10.2. The van der Waals surface area contributed by atoms with Crippen LogP contribution in [0.1, 0.15) is 338 Å². The van der Waals surface area contributed by atoms with Gasteiger partial charge in [0.1, 0.15) is 52.3 Å². The molecule has 4 atom stereocenters. The van der Waals surface area contributed by atoms with Crippen molar-refractivity contribution in [2.45, 2.75) is 347 Å². The first-order chi connectivity index (χ1) is 48.5. The fourth-order valence-electron chi connectivity index (χ4n) is 10.2. The van der Waals surface area contributed by atoms with Crippen LogP contribution < -0.4 is 0 Å². The summed E-state index contributed by atoms with van der Waals surface area (Å²) in [5.41, 5.74) is 4.98. The van der Waals surface area contributed by atoms with E-state index in [-0.39, 0.29) is 35.1 Å². The molecule has 0 saturated heterocycles. The number of Topliss-reactive ketones (excluding diaryl/α,β-unsaturated/α-hetero) is 7. The molecule has 2 aromatic rings. The Kier molecular flexibility index (Phi) is 71.9. The maximum Gasteiger partial charge on any atom is 0.188 e. The number of aliphatic hydroxyl groups is 1. The quantitative estimate of drug-likeness (QED) is 0.0380. The molecule has 2 aliphatic rings. The Morgan fingerprint density at radius 1 is 0.490 bits per heavy atom. The number of allylic oxidation sites excluding steroid dienone is 1. The molecule has 13 nitrogen and oxygen atoms in total. The number of nitrogens with zero attached hydrogens (tertiary/aromatic N) is 3. The number of ketones is 7. The highest BCUT2D eigenvalue weighted by Gasteiger charge is 2.39. The number of rotatable bonds is 43. The molecular weight excluding hydrogens is 1300 g/mol. The van der Waals surface area contributed by atoms with Gasteiger partial charge in [-0.05, 0) is 214 Å². The molecule has 4 unspecified atom stereocenters. The van der Waals surface area contributed by atoms with Crippen molar-refractivity contribution in [1.29, 1.82) is 0 Å². The van der Waals surface area contributed by atoms with Crippen LogP contribution in [0.5, 0.6) is 0 Å². The molecule has 1 fully saturated rings. The molecule has 1 heterocycles. The summed E-state index contributed by atoms with van der Waals surface area (Å²) in [5, 5.41) is 16.8. The van der Waals surface area contributed by atoms with Crippen LogP contribution in [0.4, 0.5) is 0 Å². The van der Waals surface area contributed by atoms with Gasteiger partial charge in [0.2, 0.25) is 0 Å². The van der Waals surface area contributed by atoms with Crippen molar-refractivity contribution in [1.82, 2.24) is 0 Å². The SMILES string of the molecule is C=C(O)Cc1ccc(CCC(C)C)cc1.CC(=O)C(C)CCCC(C)C.CC(=O)C1CC1CCC(C)C.CC(=O)CC(C)CCC(C)C.CC(=O)CCCCC(C)C.CC(=O)CCCOC(C)C.CC(=O)CCOCC(C)C.CC(=O)Cc1cccc(CCC(C)C)c1.CC(C)CCC[N+]1=NN=CC1. The molecule has 4 rings (SSSR count). The van der Waals surface area contributed by atoms with E-state index in [1.54, 1.807) is 48.5 Å². The smallest absolute Gasteiger partial charge is 0.188 e. The predicted molar refractivity (Wildman–Crippen MR) is 443 cm³/mol. The van der Waals surface area contributed by atoms with Crippen molar-refractivity contribution >= 4 is 46.7 Å². The van der Waals surface area contributed by atoms with Gasteiger partial charge < -0.3 is 29.0 Å². The molecule has 602 valence electrons. The van der Waals surface area contributed by atoms with Crippen LogP contribution in [0, 0.1) is 71.0 Å². The van der Waals surface area contributed by atoms with E-state index in [2.05, 4.69) is 171 Å². The number of aliphatic hydroxyl groups excluding tert-OH is 1. The molecule has 0 aromatic heterocycles. The third-order valence-corrected chi connectivity index (χ3v) is 16.9. The third-order valence-electron chi connectivity index (χ3n) is 16.9. The maximum atomic E-state index is 11.0. The van der Waals surface area contributed by atoms with Gasteiger partial charge in [-0.2, -0.15) is 4.70 Å². The molecule has 2 aromatic carbocycles. The average molecular weight is 1460 g/mol. The van der Waals surface area contributed by atoms with Gasteiger partial charge in [0.15, 0.2) is 12.8 Å². The lowest BCUT2D eigenvalue weighted by Crippen LogP contribution is -2.10. The predicted octanol–water partition coefficient (Wildman–Crippen LogP) is 24.1. The second kappa shape index (κ2) is 69.6. The van der Waals surface area contributed by atoms with Gasteiger partial charge in [-0.3, -0.25) is 19.2 Å². The second-order valence-electron chi connectivity index (χ2n) is 33.5. The highest BCUT2D eigenvalue weighted by molar-refractivity contribution is 5.81. The van der Waals surface area contributed by atoms with Crippen LogP contribution in [0.2, 0.25) is 0 Å². The van der Waals surface area contributed by atoms with Gasteiger partial charge in [0, 0.05) is 63.6 Å². The Hall–Kier alpha value is -5.14.